The van der Waals surface area contributed by atoms with Crippen LogP contribution in [0, 0.1) is 0 Å². The number of carbonyl (C=O) groups excluding carboxylic acids is 3. The number of phenolic OH excluding ortho intramolecular Hbond substituents is 6. The number of hydrogen-bond acceptors (Lipinski definition) is 18. The molecule has 0 aliphatic carbocycles. The summed E-state index contributed by atoms with van der Waals surface area (Å²) in [6.07, 6.45) is -8.59. The molecule has 2 aliphatic heterocycles. The van der Waals surface area contributed by atoms with Gasteiger partial charge in [-0.2, -0.15) is 0 Å². The predicted molar refractivity (Wildman–Crippen MR) is 284 cm³/mol. The Bertz CT molecular complexity index is 3390. The summed E-state index contributed by atoms with van der Waals surface area (Å²) in [5.41, 5.74) is 4.24. The van der Waals surface area contributed by atoms with Crippen molar-refractivity contribution >= 4 is 17.9 Å². The number of ether oxygens (including phenoxy) is 9. The van der Waals surface area contributed by atoms with E-state index in [4.69, 9.17) is 42.6 Å². The molecule has 0 amide bonds. The van der Waals surface area contributed by atoms with Gasteiger partial charge in [0.2, 0.25) is 12.0 Å². The molecule has 80 heavy (non-hydrogen) atoms. The third-order valence-electron chi connectivity index (χ3n) is 13.2. The van der Waals surface area contributed by atoms with Crippen LogP contribution in [-0.4, -0.2) is 85.9 Å². The van der Waals surface area contributed by atoms with Crippen molar-refractivity contribution in [2.24, 2.45) is 0 Å². The third-order valence-corrected chi connectivity index (χ3v) is 13.2. The van der Waals surface area contributed by atoms with Gasteiger partial charge in [0.05, 0.1) is 36.5 Å². The molecule has 2 heterocycles. The molecule has 0 spiro atoms. The lowest BCUT2D eigenvalue weighted by molar-refractivity contribution is -0.295. The molecule has 0 aromatic heterocycles. The molecule has 8 aromatic rings. The molecule has 10 rings (SSSR count). The van der Waals surface area contributed by atoms with Crippen LogP contribution in [0.1, 0.15) is 58.9 Å². The fourth-order valence-electron chi connectivity index (χ4n) is 9.11. The highest BCUT2D eigenvalue weighted by molar-refractivity contribution is 5.93. The molecule has 0 saturated carbocycles. The minimum absolute atomic E-state index is 0.0107. The van der Waals surface area contributed by atoms with Crippen LogP contribution >= 0.6 is 0 Å². The number of fused-ring (bicyclic) bond motifs is 5. The second-order valence-electron chi connectivity index (χ2n) is 18.6. The standard InChI is InChI=1S/C62H52O18/c63-46-24-41(25-47(64)53(46)67)59(69)78-56-52-35-72-33-39-20-10-12-22-44(39)45-23-13-11-21-40(45)34-76-57(56)58(79-60(70)42-26-48(65)54(68)49(66)27-42)62(77-52)80-61(71)43-28-50(73-30-36-14-4-1-5-15-36)55(75-32-38-18-8-3-9-19-38)51(29-43)74-31-37-16-6-2-7-17-37/h1-29,52,56-58,62-68H,30-35H2/t52-,56-,57+,58-,62+/m1/s1. The van der Waals surface area contributed by atoms with E-state index in [-0.39, 0.29) is 55.8 Å². The Morgan fingerprint density at radius 1 is 0.450 bits per heavy atom. The van der Waals surface area contributed by atoms with E-state index in [0.29, 0.717) is 5.56 Å². The van der Waals surface area contributed by atoms with Gasteiger partial charge in [-0.3, -0.25) is 0 Å². The van der Waals surface area contributed by atoms with Gasteiger partial charge in [-0.1, -0.05) is 140 Å². The Hall–Kier alpha value is -9.75. The van der Waals surface area contributed by atoms with E-state index in [1.165, 1.54) is 12.1 Å². The van der Waals surface area contributed by atoms with Crippen LogP contribution in [0.25, 0.3) is 11.1 Å². The molecular weight excluding hydrogens is 1030 g/mol. The second-order valence-corrected chi connectivity index (χ2v) is 18.6. The van der Waals surface area contributed by atoms with Gasteiger partial charge in [0.15, 0.2) is 58.2 Å². The van der Waals surface area contributed by atoms with E-state index >= 15 is 4.79 Å². The zero-order valence-corrected chi connectivity index (χ0v) is 42.5. The Labute approximate surface area is 457 Å². The van der Waals surface area contributed by atoms with E-state index in [1.807, 2.05) is 127 Å². The number of benzene rings is 8. The molecule has 18 nitrogen and oxygen atoms in total. The maximum Gasteiger partial charge on any atom is 0.340 e. The van der Waals surface area contributed by atoms with Crippen molar-refractivity contribution < 1.29 is 87.7 Å². The van der Waals surface area contributed by atoms with Gasteiger partial charge < -0.3 is 73.3 Å². The summed E-state index contributed by atoms with van der Waals surface area (Å²) < 4.78 is 57.5. The molecule has 18 heteroatoms. The van der Waals surface area contributed by atoms with Gasteiger partial charge in [0, 0.05) is 0 Å². The SMILES string of the molecule is O=C(O[C@@H]1O[C@@H]2COCc3ccccc3-c3ccccc3CO[C@H]([C@H]1OC(=O)c1cc(O)c(O)c(O)c1)[C@@H]2OC(=O)c1cc(O)c(O)c(O)c1)c1cc(OCc2ccccc2)c(OCc2ccccc2)c(OCc2ccccc2)c1. The Morgan fingerprint density at radius 2 is 0.850 bits per heavy atom. The maximum absolute atomic E-state index is 15.1. The van der Waals surface area contributed by atoms with Crippen LogP contribution < -0.4 is 14.2 Å². The smallest absolute Gasteiger partial charge is 0.340 e. The van der Waals surface area contributed by atoms with Gasteiger partial charge >= 0.3 is 17.9 Å². The Balaban J connectivity index is 1.08. The second kappa shape index (κ2) is 24.3. The number of esters is 3. The summed E-state index contributed by atoms with van der Waals surface area (Å²) in [5, 5.41) is 62.1. The first kappa shape index (κ1) is 53.6. The highest BCUT2D eigenvalue weighted by atomic mass is 16.7. The first-order valence-electron chi connectivity index (χ1n) is 25.2. The fraction of sp³-hybridized carbons (Fsp3) is 0.177. The summed E-state index contributed by atoms with van der Waals surface area (Å²) in [4.78, 5) is 43.7. The molecule has 0 unspecified atom stereocenters. The maximum atomic E-state index is 15.1. The lowest BCUT2D eigenvalue weighted by atomic mass is 9.94. The lowest BCUT2D eigenvalue weighted by Crippen LogP contribution is -2.63. The van der Waals surface area contributed by atoms with Crippen molar-refractivity contribution in [2.45, 2.75) is 63.7 Å². The quantitative estimate of drug-likeness (QED) is 0.0317. The van der Waals surface area contributed by atoms with Crippen LogP contribution in [0.2, 0.25) is 0 Å². The van der Waals surface area contributed by atoms with Crippen molar-refractivity contribution in [3.05, 3.63) is 220 Å². The molecule has 408 valence electrons. The van der Waals surface area contributed by atoms with E-state index < -0.39 is 101 Å². The number of carbonyl (C=O) groups is 3. The van der Waals surface area contributed by atoms with E-state index in [0.717, 1.165) is 57.6 Å². The van der Waals surface area contributed by atoms with Crippen LogP contribution in [0.5, 0.6) is 51.7 Å². The summed E-state index contributed by atoms with van der Waals surface area (Å²) in [5.74, 6) is -8.48. The summed E-state index contributed by atoms with van der Waals surface area (Å²) in [6.45, 7) is -0.525. The van der Waals surface area contributed by atoms with Crippen LogP contribution in [0.4, 0.5) is 0 Å². The van der Waals surface area contributed by atoms with Gasteiger partial charge in [0.25, 0.3) is 0 Å². The summed E-state index contributed by atoms with van der Waals surface area (Å²) in [7, 11) is 0. The minimum atomic E-state index is -1.96. The molecule has 2 aliphatic rings. The Kier molecular flexibility index (Phi) is 16.3. The molecule has 1 fully saturated rings. The lowest BCUT2D eigenvalue weighted by Gasteiger charge is -2.44. The average molecular weight is 1090 g/mol. The molecule has 5 atom stereocenters. The van der Waals surface area contributed by atoms with E-state index in [9.17, 15) is 40.2 Å². The average Bonchev–Trinajstić information content (AvgIpc) is 3.48. The molecule has 1 saturated heterocycles. The molecule has 2 bridgehead atoms. The zero-order valence-electron chi connectivity index (χ0n) is 42.5. The summed E-state index contributed by atoms with van der Waals surface area (Å²) >= 11 is 0. The Morgan fingerprint density at radius 3 is 1.34 bits per heavy atom. The molecule has 0 radical (unpaired) electrons. The van der Waals surface area contributed by atoms with Crippen molar-refractivity contribution in [1.82, 2.24) is 0 Å². The highest BCUT2D eigenvalue weighted by Gasteiger charge is 2.53. The third kappa shape index (κ3) is 12.3. The van der Waals surface area contributed by atoms with Crippen molar-refractivity contribution in [3.8, 4) is 62.9 Å². The van der Waals surface area contributed by atoms with Gasteiger partial charge in [0.1, 0.15) is 32.0 Å². The first-order valence-corrected chi connectivity index (χ1v) is 25.2. The van der Waals surface area contributed by atoms with Gasteiger partial charge in [-0.05, 0) is 75.3 Å². The van der Waals surface area contributed by atoms with Crippen molar-refractivity contribution in [1.29, 1.82) is 0 Å². The summed E-state index contributed by atoms with van der Waals surface area (Å²) in [6, 6.07) is 48.9. The molecular formula is C62H52O18. The van der Waals surface area contributed by atoms with E-state index in [2.05, 4.69) is 0 Å². The monoisotopic (exact) mass is 1080 g/mol. The van der Waals surface area contributed by atoms with Crippen molar-refractivity contribution in [2.75, 3.05) is 6.61 Å². The van der Waals surface area contributed by atoms with Gasteiger partial charge in [-0.15, -0.1) is 0 Å². The fourth-order valence-corrected chi connectivity index (χ4v) is 9.11. The minimum Gasteiger partial charge on any atom is -0.504 e. The molecule has 8 aromatic carbocycles. The predicted octanol–water partition coefficient (Wildman–Crippen LogP) is 9.77. The zero-order chi connectivity index (χ0) is 55.7. The van der Waals surface area contributed by atoms with Gasteiger partial charge in [-0.25, -0.2) is 14.4 Å². The van der Waals surface area contributed by atoms with Crippen LogP contribution in [0.15, 0.2) is 176 Å². The van der Waals surface area contributed by atoms with E-state index in [1.54, 1.807) is 12.1 Å². The molecule has 6 N–H and O–H groups in total. The number of hydrogen-bond donors (Lipinski definition) is 6. The van der Waals surface area contributed by atoms with Crippen LogP contribution in [-0.2, 0) is 61.5 Å². The van der Waals surface area contributed by atoms with Crippen molar-refractivity contribution in [3.63, 3.8) is 0 Å². The topological polar surface area (TPSA) is 256 Å². The first-order chi connectivity index (χ1) is 38.9. The normalized spacial score (nSPS) is 17.7. The number of rotatable bonds is 15. The number of aromatic hydroxyl groups is 6. The highest BCUT2D eigenvalue weighted by Crippen LogP contribution is 2.43. The number of phenols is 6. The largest absolute Gasteiger partial charge is 0.504 e. The van der Waals surface area contributed by atoms with Crippen LogP contribution in [0.3, 0.4) is 0 Å².